The molecule has 0 saturated carbocycles. The Morgan fingerprint density at radius 1 is 1.11 bits per heavy atom. The molecule has 0 fully saturated rings. The Bertz CT molecular complexity index is 523. The Hall–Kier alpha value is -1.54. The number of aromatic nitrogens is 1. The number of hydrogen-bond acceptors (Lipinski definition) is 2. The van der Waals surface area contributed by atoms with Gasteiger partial charge in [0, 0.05) is 11.6 Å². The Kier molecular flexibility index (Phi) is 4.21. The molecule has 1 aromatic heterocycles. The number of halogens is 1. The van der Waals surface area contributed by atoms with Crippen molar-refractivity contribution in [3.63, 3.8) is 0 Å². The van der Waals surface area contributed by atoms with Crippen LogP contribution in [0.5, 0.6) is 11.5 Å². The predicted molar refractivity (Wildman–Crippen MR) is 74.4 cm³/mol. The zero-order chi connectivity index (χ0) is 13.0. The Balaban J connectivity index is 2.22. The number of benzene rings is 1. The molecule has 94 valence electrons. The van der Waals surface area contributed by atoms with E-state index in [2.05, 4.69) is 11.9 Å². The van der Waals surface area contributed by atoms with E-state index in [1.54, 1.807) is 0 Å². The van der Waals surface area contributed by atoms with Gasteiger partial charge in [0.25, 0.3) is 0 Å². The Morgan fingerprint density at radius 3 is 2.44 bits per heavy atom. The maximum Gasteiger partial charge on any atom is 0.148 e. The molecule has 0 saturated heterocycles. The second-order valence-corrected chi connectivity index (χ2v) is 4.40. The van der Waals surface area contributed by atoms with Crippen LogP contribution in [0.3, 0.4) is 0 Å². The fraction of sp³-hybridized carbons (Fsp3) is 0.267. The molecule has 0 spiro atoms. The first kappa shape index (κ1) is 12.9. The van der Waals surface area contributed by atoms with Gasteiger partial charge >= 0.3 is 0 Å². The van der Waals surface area contributed by atoms with Gasteiger partial charge in [0.05, 0.1) is 5.69 Å². The number of aryl methyl sites for hydroxylation is 2. The summed E-state index contributed by atoms with van der Waals surface area (Å²) in [7, 11) is 0. The Labute approximate surface area is 113 Å². The summed E-state index contributed by atoms with van der Waals surface area (Å²) in [6.07, 6.45) is 0.858. The summed E-state index contributed by atoms with van der Waals surface area (Å²) < 4.78 is 5.85. The van der Waals surface area contributed by atoms with Crippen molar-refractivity contribution in [2.45, 2.75) is 26.1 Å². The summed E-state index contributed by atoms with van der Waals surface area (Å²) in [6, 6.07) is 11.7. The smallest absolute Gasteiger partial charge is 0.148 e. The minimum absolute atomic E-state index is 0.520. The van der Waals surface area contributed by atoms with Gasteiger partial charge in [-0.15, -0.1) is 11.6 Å². The molecule has 0 aliphatic carbocycles. The SMILES string of the molecule is CCc1nc(C)ccc1Oc1ccc(CCl)cc1. The molecule has 1 aromatic carbocycles. The molecule has 1 heterocycles. The number of hydrogen-bond donors (Lipinski definition) is 0. The van der Waals surface area contributed by atoms with E-state index in [0.29, 0.717) is 5.88 Å². The topological polar surface area (TPSA) is 22.1 Å². The van der Waals surface area contributed by atoms with Crippen LogP contribution in [-0.2, 0) is 12.3 Å². The van der Waals surface area contributed by atoms with E-state index in [0.717, 1.165) is 34.9 Å². The van der Waals surface area contributed by atoms with Gasteiger partial charge in [-0.05, 0) is 43.2 Å². The van der Waals surface area contributed by atoms with E-state index in [1.165, 1.54) is 0 Å². The van der Waals surface area contributed by atoms with Crippen LogP contribution < -0.4 is 4.74 Å². The number of ether oxygens (including phenoxy) is 1. The molecular formula is C15H16ClNO. The molecular weight excluding hydrogens is 246 g/mol. The van der Waals surface area contributed by atoms with Crippen molar-refractivity contribution in [2.24, 2.45) is 0 Å². The molecule has 18 heavy (non-hydrogen) atoms. The fourth-order valence-electron chi connectivity index (χ4n) is 1.72. The maximum absolute atomic E-state index is 5.85. The lowest BCUT2D eigenvalue weighted by atomic mass is 10.2. The molecule has 0 N–H and O–H groups in total. The van der Waals surface area contributed by atoms with Crippen molar-refractivity contribution in [1.82, 2.24) is 4.98 Å². The second kappa shape index (κ2) is 5.87. The van der Waals surface area contributed by atoms with Gasteiger partial charge in [0.2, 0.25) is 0 Å². The summed E-state index contributed by atoms with van der Waals surface area (Å²) in [5, 5.41) is 0. The molecule has 2 aromatic rings. The van der Waals surface area contributed by atoms with Crippen molar-refractivity contribution < 1.29 is 4.74 Å². The largest absolute Gasteiger partial charge is 0.455 e. The second-order valence-electron chi connectivity index (χ2n) is 4.13. The monoisotopic (exact) mass is 261 g/mol. The van der Waals surface area contributed by atoms with Gasteiger partial charge < -0.3 is 4.74 Å². The van der Waals surface area contributed by atoms with Crippen molar-refractivity contribution in [2.75, 3.05) is 0 Å². The average molecular weight is 262 g/mol. The zero-order valence-electron chi connectivity index (χ0n) is 10.6. The van der Waals surface area contributed by atoms with Crippen LogP contribution in [0.1, 0.15) is 23.9 Å². The quantitative estimate of drug-likeness (QED) is 0.757. The number of alkyl halides is 1. The van der Waals surface area contributed by atoms with Crippen LogP contribution in [0.4, 0.5) is 0 Å². The first-order valence-corrected chi connectivity index (χ1v) is 6.55. The van der Waals surface area contributed by atoms with E-state index >= 15 is 0 Å². The molecule has 0 unspecified atom stereocenters. The fourth-order valence-corrected chi connectivity index (χ4v) is 1.90. The van der Waals surface area contributed by atoms with Crippen LogP contribution in [0, 0.1) is 6.92 Å². The molecule has 0 aliphatic heterocycles. The van der Waals surface area contributed by atoms with Crippen molar-refractivity contribution in [1.29, 1.82) is 0 Å². The first-order chi connectivity index (χ1) is 8.72. The van der Waals surface area contributed by atoms with Gasteiger partial charge in [0.15, 0.2) is 0 Å². The van der Waals surface area contributed by atoms with Crippen molar-refractivity contribution >= 4 is 11.6 Å². The highest BCUT2D eigenvalue weighted by atomic mass is 35.5. The van der Waals surface area contributed by atoms with Crippen LogP contribution in [-0.4, -0.2) is 4.98 Å². The van der Waals surface area contributed by atoms with Gasteiger partial charge in [-0.1, -0.05) is 19.1 Å². The van der Waals surface area contributed by atoms with Gasteiger partial charge in [-0.3, -0.25) is 4.98 Å². The zero-order valence-corrected chi connectivity index (χ0v) is 11.4. The summed E-state index contributed by atoms with van der Waals surface area (Å²) in [6.45, 7) is 4.06. The summed E-state index contributed by atoms with van der Waals surface area (Å²) in [5.41, 5.74) is 3.08. The number of rotatable bonds is 4. The lowest BCUT2D eigenvalue weighted by Crippen LogP contribution is -1.95. The van der Waals surface area contributed by atoms with Gasteiger partial charge in [-0.25, -0.2) is 0 Å². The predicted octanol–water partition coefficient (Wildman–Crippen LogP) is 4.48. The van der Waals surface area contributed by atoms with E-state index in [9.17, 15) is 0 Å². The maximum atomic E-state index is 5.85. The van der Waals surface area contributed by atoms with Crippen molar-refractivity contribution in [3.05, 3.63) is 53.3 Å². The summed E-state index contributed by atoms with van der Waals surface area (Å²) >= 11 is 5.75. The van der Waals surface area contributed by atoms with Crippen molar-refractivity contribution in [3.8, 4) is 11.5 Å². The highest BCUT2D eigenvalue weighted by molar-refractivity contribution is 6.17. The molecule has 3 heteroatoms. The highest BCUT2D eigenvalue weighted by Gasteiger charge is 2.05. The third kappa shape index (κ3) is 3.02. The number of pyridine rings is 1. The molecule has 0 aliphatic rings. The lowest BCUT2D eigenvalue weighted by molar-refractivity contribution is 0.472. The number of nitrogens with zero attached hydrogens (tertiary/aromatic N) is 1. The van der Waals surface area contributed by atoms with E-state index in [1.807, 2.05) is 43.3 Å². The highest BCUT2D eigenvalue weighted by Crippen LogP contribution is 2.25. The van der Waals surface area contributed by atoms with E-state index < -0.39 is 0 Å². The first-order valence-electron chi connectivity index (χ1n) is 6.02. The average Bonchev–Trinajstić information content (AvgIpc) is 2.41. The summed E-state index contributed by atoms with van der Waals surface area (Å²) in [4.78, 5) is 4.48. The van der Waals surface area contributed by atoms with Crippen LogP contribution in [0.15, 0.2) is 36.4 Å². The molecule has 2 rings (SSSR count). The lowest BCUT2D eigenvalue weighted by Gasteiger charge is -2.10. The van der Waals surface area contributed by atoms with E-state index in [4.69, 9.17) is 16.3 Å². The minimum Gasteiger partial charge on any atom is -0.455 e. The van der Waals surface area contributed by atoms with Crippen LogP contribution in [0.2, 0.25) is 0 Å². The van der Waals surface area contributed by atoms with Crippen LogP contribution >= 0.6 is 11.6 Å². The molecule has 0 radical (unpaired) electrons. The molecule has 0 atom stereocenters. The van der Waals surface area contributed by atoms with E-state index in [-0.39, 0.29) is 0 Å². The third-order valence-corrected chi connectivity index (χ3v) is 3.02. The van der Waals surface area contributed by atoms with Gasteiger partial charge in [0.1, 0.15) is 11.5 Å². The van der Waals surface area contributed by atoms with Crippen LogP contribution in [0.25, 0.3) is 0 Å². The molecule has 0 bridgehead atoms. The third-order valence-electron chi connectivity index (χ3n) is 2.71. The Morgan fingerprint density at radius 2 is 1.83 bits per heavy atom. The molecule has 0 amide bonds. The molecule has 2 nitrogen and oxygen atoms in total. The standard InChI is InChI=1S/C15H16ClNO/c1-3-14-15(9-4-11(2)17-14)18-13-7-5-12(10-16)6-8-13/h4-9H,3,10H2,1-2H3. The van der Waals surface area contributed by atoms with Gasteiger partial charge in [-0.2, -0.15) is 0 Å². The summed E-state index contributed by atoms with van der Waals surface area (Å²) in [5.74, 6) is 2.15. The minimum atomic E-state index is 0.520. The normalized spacial score (nSPS) is 10.4.